The lowest BCUT2D eigenvalue weighted by molar-refractivity contribution is 0.403. The van der Waals surface area contributed by atoms with Crippen molar-refractivity contribution in [3.8, 4) is 22.9 Å². The molecule has 1 saturated heterocycles. The summed E-state index contributed by atoms with van der Waals surface area (Å²) in [4.78, 5) is 6.81. The van der Waals surface area contributed by atoms with Crippen LogP contribution in [0.4, 0.5) is 5.69 Å². The number of aromatic nitrogens is 2. The Kier molecular flexibility index (Phi) is 6.76. The molecule has 190 valence electrons. The van der Waals surface area contributed by atoms with Crippen molar-refractivity contribution in [2.45, 2.75) is 25.9 Å². The number of methoxy groups -OCH3 is 3. The van der Waals surface area contributed by atoms with Crippen molar-refractivity contribution >= 4 is 23.0 Å². The first-order valence-corrected chi connectivity index (χ1v) is 12.4. The molecule has 0 radical (unpaired) electrons. The summed E-state index contributed by atoms with van der Waals surface area (Å²) in [6.45, 7) is 4.25. The van der Waals surface area contributed by atoms with E-state index >= 15 is 0 Å². The van der Waals surface area contributed by atoms with Crippen molar-refractivity contribution in [2.75, 3.05) is 26.2 Å². The van der Waals surface area contributed by atoms with Gasteiger partial charge in [0.1, 0.15) is 17.2 Å². The molecule has 1 aliphatic heterocycles. The Morgan fingerprint density at radius 1 is 0.865 bits per heavy atom. The summed E-state index contributed by atoms with van der Waals surface area (Å²) in [7, 11) is 5.00. The lowest BCUT2D eigenvalue weighted by Gasteiger charge is -2.29. The molecule has 1 fully saturated rings. The predicted octanol–water partition coefficient (Wildman–Crippen LogP) is 5.69. The maximum atomic E-state index is 5.94. The summed E-state index contributed by atoms with van der Waals surface area (Å²) in [5.41, 5.74) is 6.12. The van der Waals surface area contributed by atoms with Crippen LogP contribution in [0, 0.1) is 13.8 Å². The molecule has 2 aromatic heterocycles. The van der Waals surface area contributed by atoms with Crippen molar-refractivity contribution in [1.82, 2.24) is 14.9 Å². The summed E-state index contributed by atoms with van der Waals surface area (Å²) in [5, 5.41) is 4.14. The molecule has 2 atom stereocenters. The lowest BCUT2D eigenvalue weighted by atomic mass is 9.96. The SMILES string of the molecule is COc1cccc(-n2c(C)cc([C@@H]3[C@H](c4ccccn4)NC(=S)N3c3cc(OC)ccc3OC)c2C)c1. The predicted molar refractivity (Wildman–Crippen MR) is 149 cm³/mol. The summed E-state index contributed by atoms with van der Waals surface area (Å²) in [5.74, 6) is 2.24. The Balaban J connectivity index is 1.71. The number of nitrogens with zero attached hydrogens (tertiary/aromatic N) is 3. The summed E-state index contributed by atoms with van der Waals surface area (Å²) >= 11 is 5.94. The van der Waals surface area contributed by atoms with E-state index in [0.29, 0.717) is 10.9 Å². The highest BCUT2D eigenvalue weighted by Gasteiger charge is 2.43. The molecule has 7 nitrogen and oxygen atoms in total. The molecule has 0 bridgehead atoms. The van der Waals surface area contributed by atoms with Gasteiger partial charge in [0.15, 0.2) is 5.11 Å². The van der Waals surface area contributed by atoms with Crippen molar-refractivity contribution in [3.63, 3.8) is 0 Å². The van der Waals surface area contributed by atoms with Crippen LogP contribution in [0.1, 0.15) is 34.7 Å². The van der Waals surface area contributed by atoms with Crippen LogP contribution in [0.2, 0.25) is 0 Å². The molecule has 0 unspecified atom stereocenters. The van der Waals surface area contributed by atoms with Crippen LogP contribution in [0.25, 0.3) is 5.69 Å². The summed E-state index contributed by atoms with van der Waals surface area (Å²) in [6, 6.07) is 21.6. The van der Waals surface area contributed by atoms with Gasteiger partial charge in [0.25, 0.3) is 0 Å². The third-order valence-electron chi connectivity index (χ3n) is 6.84. The van der Waals surface area contributed by atoms with E-state index in [-0.39, 0.29) is 12.1 Å². The van der Waals surface area contributed by atoms with E-state index in [1.807, 2.05) is 60.8 Å². The summed E-state index contributed by atoms with van der Waals surface area (Å²) in [6.07, 6.45) is 1.81. The quantitative estimate of drug-likeness (QED) is 0.318. The minimum atomic E-state index is -0.186. The zero-order valence-electron chi connectivity index (χ0n) is 21.6. The maximum absolute atomic E-state index is 5.94. The fourth-order valence-corrected chi connectivity index (χ4v) is 5.49. The first-order valence-electron chi connectivity index (χ1n) is 12.0. The van der Waals surface area contributed by atoms with Gasteiger partial charge in [0.05, 0.1) is 44.8 Å². The number of ether oxygens (including phenoxy) is 3. The van der Waals surface area contributed by atoms with E-state index in [9.17, 15) is 0 Å². The molecule has 3 heterocycles. The van der Waals surface area contributed by atoms with Crippen LogP contribution in [0.5, 0.6) is 17.2 Å². The number of anilines is 1. The van der Waals surface area contributed by atoms with Crippen molar-refractivity contribution in [1.29, 1.82) is 0 Å². The third kappa shape index (κ3) is 4.38. The van der Waals surface area contributed by atoms with Gasteiger partial charge in [-0.25, -0.2) is 0 Å². The Labute approximate surface area is 222 Å². The minimum absolute atomic E-state index is 0.177. The zero-order valence-corrected chi connectivity index (χ0v) is 22.4. The standard InChI is InChI=1S/C29H30N4O3S/c1-18-15-23(19(2)32(18)20-9-8-10-21(16-20)34-3)28-27(24-11-6-7-14-30-24)31-29(37)33(28)25-17-22(35-4)12-13-26(25)36-5/h6-17,27-28H,1-5H3,(H,31,37)/t27-,28+/m0/s1. The molecule has 0 aliphatic carbocycles. The molecular formula is C29H30N4O3S. The van der Waals surface area contributed by atoms with Gasteiger partial charge >= 0.3 is 0 Å². The average Bonchev–Trinajstić information content (AvgIpc) is 3.43. The first kappa shape index (κ1) is 24.6. The summed E-state index contributed by atoms with van der Waals surface area (Å²) < 4.78 is 19.1. The fourth-order valence-electron chi connectivity index (χ4n) is 5.15. The van der Waals surface area contributed by atoms with Crippen LogP contribution in [-0.4, -0.2) is 36.0 Å². The van der Waals surface area contributed by atoms with Crippen LogP contribution >= 0.6 is 12.2 Å². The van der Waals surface area contributed by atoms with E-state index < -0.39 is 0 Å². The van der Waals surface area contributed by atoms with E-state index in [1.165, 1.54) is 0 Å². The minimum Gasteiger partial charge on any atom is -0.497 e. The monoisotopic (exact) mass is 514 g/mol. The number of hydrogen-bond donors (Lipinski definition) is 1. The van der Waals surface area contributed by atoms with Crippen LogP contribution in [-0.2, 0) is 0 Å². The van der Waals surface area contributed by atoms with E-state index in [0.717, 1.165) is 45.5 Å². The van der Waals surface area contributed by atoms with Gasteiger partial charge in [-0.2, -0.15) is 0 Å². The second-order valence-electron chi connectivity index (χ2n) is 8.90. The van der Waals surface area contributed by atoms with Gasteiger partial charge in [-0.05, 0) is 74.1 Å². The second-order valence-corrected chi connectivity index (χ2v) is 9.28. The van der Waals surface area contributed by atoms with E-state index in [4.69, 9.17) is 26.4 Å². The van der Waals surface area contributed by atoms with Crippen LogP contribution in [0.3, 0.4) is 0 Å². The fraction of sp³-hybridized carbons (Fsp3) is 0.241. The molecule has 1 aliphatic rings. The smallest absolute Gasteiger partial charge is 0.174 e. The number of nitrogens with one attached hydrogen (secondary N) is 1. The van der Waals surface area contributed by atoms with E-state index in [2.05, 4.69) is 45.7 Å². The maximum Gasteiger partial charge on any atom is 0.174 e. The molecule has 0 spiro atoms. The van der Waals surface area contributed by atoms with Gasteiger partial charge in [-0.15, -0.1) is 0 Å². The normalized spacial score (nSPS) is 17.0. The van der Waals surface area contributed by atoms with Crippen molar-refractivity contribution < 1.29 is 14.2 Å². The largest absolute Gasteiger partial charge is 0.497 e. The van der Waals surface area contributed by atoms with Crippen molar-refractivity contribution in [3.05, 3.63) is 95.6 Å². The molecule has 0 amide bonds. The van der Waals surface area contributed by atoms with Gasteiger partial charge in [0.2, 0.25) is 0 Å². The van der Waals surface area contributed by atoms with Gasteiger partial charge in [-0.1, -0.05) is 12.1 Å². The second kappa shape index (κ2) is 10.1. The number of rotatable bonds is 7. The average molecular weight is 515 g/mol. The first-order chi connectivity index (χ1) is 18.0. The van der Waals surface area contributed by atoms with Crippen LogP contribution in [0.15, 0.2) is 72.9 Å². The number of benzene rings is 2. The Hall–Kier alpha value is -4.04. The van der Waals surface area contributed by atoms with Crippen LogP contribution < -0.4 is 24.4 Å². The number of hydrogen-bond acceptors (Lipinski definition) is 5. The molecule has 37 heavy (non-hydrogen) atoms. The molecule has 1 N–H and O–H groups in total. The lowest BCUT2D eigenvalue weighted by Crippen LogP contribution is -2.30. The Morgan fingerprint density at radius 2 is 1.65 bits per heavy atom. The Bertz CT molecular complexity index is 1440. The third-order valence-corrected chi connectivity index (χ3v) is 7.16. The topological polar surface area (TPSA) is 60.8 Å². The van der Waals surface area contributed by atoms with Gasteiger partial charge < -0.3 is 29.0 Å². The zero-order chi connectivity index (χ0) is 26.1. The molecule has 4 aromatic rings. The highest BCUT2D eigenvalue weighted by atomic mass is 32.1. The molecule has 5 rings (SSSR count). The highest BCUT2D eigenvalue weighted by molar-refractivity contribution is 7.80. The number of aryl methyl sites for hydroxylation is 1. The molecule has 0 saturated carbocycles. The number of thiocarbonyl (C=S) groups is 1. The number of pyridine rings is 1. The van der Waals surface area contributed by atoms with Gasteiger partial charge in [-0.3, -0.25) is 4.98 Å². The van der Waals surface area contributed by atoms with Crippen molar-refractivity contribution in [2.24, 2.45) is 0 Å². The molecular weight excluding hydrogens is 484 g/mol. The highest BCUT2D eigenvalue weighted by Crippen LogP contribution is 2.47. The van der Waals surface area contributed by atoms with Gasteiger partial charge in [0, 0.05) is 35.4 Å². The Morgan fingerprint density at radius 3 is 2.35 bits per heavy atom. The van der Waals surface area contributed by atoms with E-state index in [1.54, 1.807) is 21.3 Å². The molecule has 2 aromatic carbocycles. The molecule has 8 heteroatoms.